The molecule has 0 heterocycles. The monoisotopic (exact) mass is 256 g/mol. The maximum absolute atomic E-state index is 4.13. The number of thiocarbonyl (C=S) groups is 1. The Hall–Kier alpha value is -1.38. The van der Waals surface area contributed by atoms with E-state index in [2.05, 4.69) is 85.5 Å². The van der Waals surface area contributed by atoms with E-state index in [-0.39, 0.29) is 0 Å². The van der Waals surface area contributed by atoms with Crippen LogP contribution in [0.2, 0.25) is 0 Å². The molecular formula is C15H12S2. The maximum atomic E-state index is 4.13. The summed E-state index contributed by atoms with van der Waals surface area (Å²) < 4.78 is 1.28. The smallest absolute Gasteiger partial charge is 0.0310 e. The van der Waals surface area contributed by atoms with Crippen molar-refractivity contribution in [3.8, 4) is 0 Å². The van der Waals surface area contributed by atoms with Crippen molar-refractivity contribution in [2.75, 3.05) is 0 Å². The minimum absolute atomic E-state index is 1.28. The first-order chi connectivity index (χ1) is 8.35. The van der Waals surface area contributed by atoms with E-state index in [1.54, 1.807) is 0 Å². The van der Waals surface area contributed by atoms with Gasteiger partial charge < -0.3 is 0 Å². The molecule has 0 atom stereocenters. The Morgan fingerprint density at radius 2 is 0.941 bits per heavy atom. The Labute approximate surface area is 112 Å². The van der Waals surface area contributed by atoms with Gasteiger partial charge in [-0.1, -0.05) is 60.7 Å². The maximum Gasteiger partial charge on any atom is 0.0310 e. The van der Waals surface area contributed by atoms with Crippen molar-refractivity contribution >= 4 is 51.1 Å². The Morgan fingerprint density at radius 3 is 1.18 bits per heavy atom. The molecule has 17 heavy (non-hydrogen) atoms. The zero-order valence-electron chi connectivity index (χ0n) is 9.21. The van der Waals surface area contributed by atoms with E-state index in [0.29, 0.717) is 0 Å². The molecule has 0 saturated heterocycles. The number of hydrogen-bond donors (Lipinski definition) is 1. The predicted octanol–water partition coefficient (Wildman–Crippen LogP) is 4.87. The van der Waals surface area contributed by atoms with Gasteiger partial charge in [0.15, 0.2) is 0 Å². The van der Waals surface area contributed by atoms with Crippen LogP contribution in [-0.4, -0.2) is 4.70 Å². The van der Waals surface area contributed by atoms with Gasteiger partial charge in [-0.15, -0.1) is 12.6 Å². The average Bonchev–Trinajstić information content (AvgIpc) is 2.37. The second-order valence-corrected chi connectivity index (χ2v) is 4.50. The molecule has 3 rings (SSSR count). The normalized spacial score (nSPS) is 9.71. The SMILES string of the molecule is S=CS.c1ccc2cc3ccccc3cc2c1. The van der Waals surface area contributed by atoms with Crippen LogP contribution in [0.4, 0.5) is 0 Å². The second-order valence-electron chi connectivity index (χ2n) is 3.65. The Balaban J connectivity index is 0.000000329. The molecule has 0 amide bonds. The van der Waals surface area contributed by atoms with E-state index in [1.165, 1.54) is 26.2 Å². The van der Waals surface area contributed by atoms with Crippen molar-refractivity contribution < 1.29 is 0 Å². The van der Waals surface area contributed by atoms with Crippen molar-refractivity contribution in [3.05, 3.63) is 60.7 Å². The first kappa shape index (κ1) is 12.1. The van der Waals surface area contributed by atoms with E-state index < -0.39 is 0 Å². The highest BCUT2D eigenvalue weighted by Gasteiger charge is 1.95. The minimum atomic E-state index is 1.28. The summed E-state index contributed by atoms with van der Waals surface area (Å²) in [6, 6.07) is 21.4. The molecule has 0 aromatic heterocycles. The largest absolute Gasteiger partial charge is 0.140 e. The van der Waals surface area contributed by atoms with Gasteiger partial charge in [-0.3, -0.25) is 0 Å². The summed E-state index contributed by atoms with van der Waals surface area (Å²) in [5.74, 6) is 0. The van der Waals surface area contributed by atoms with Gasteiger partial charge in [0.1, 0.15) is 0 Å². The Morgan fingerprint density at radius 1 is 0.706 bits per heavy atom. The average molecular weight is 256 g/mol. The topological polar surface area (TPSA) is 0 Å². The number of fused-ring (bicyclic) bond motifs is 2. The van der Waals surface area contributed by atoms with E-state index >= 15 is 0 Å². The molecule has 0 aliphatic carbocycles. The fourth-order valence-corrected chi connectivity index (χ4v) is 1.88. The van der Waals surface area contributed by atoms with E-state index in [0.717, 1.165) is 0 Å². The van der Waals surface area contributed by atoms with Crippen LogP contribution in [0.1, 0.15) is 0 Å². The van der Waals surface area contributed by atoms with E-state index in [9.17, 15) is 0 Å². The third kappa shape index (κ3) is 2.84. The fraction of sp³-hybridized carbons (Fsp3) is 0. The number of thiol groups is 1. The molecule has 0 fully saturated rings. The lowest BCUT2D eigenvalue weighted by Crippen LogP contribution is -1.74. The van der Waals surface area contributed by atoms with Crippen LogP contribution in [0.3, 0.4) is 0 Å². The van der Waals surface area contributed by atoms with Crippen LogP contribution in [-0.2, 0) is 0 Å². The Bertz CT molecular complexity index is 539. The third-order valence-corrected chi connectivity index (χ3v) is 2.61. The van der Waals surface area contributed by atoms with Crippen LogP contribution in [0, 0.1) is 0 Å². The summed E-state index contributed by atoms with van der Waals surface area (Å²) >= 11 is 7.61. The molecule has 0 saturated carbocycles. The summed E-state index contributed by atoms with van der Waals surface area (Å²) in [6.07, 6.45) is 0. The molecule has 3 aromatic rings. The van der Waals surface area contributed by atoms with Crippen LogP contribution < -0.4 is 0 Å². The first-order valence-electron chi connectivity index (χ1n) is 5.30. The summed E-state index contributed by atoms with van der Waals surface area (Å²) in [4.78, 5) is 0. The lowest BCUT2D eigenvalue weighted by atomic mass is 10.0. The quantitative estimate of drug-likeness (QED) is 0.340. The summed E-state index contributed by atoms with van der Waals surface area (Å²) in [7, 11) is 0. The standard InChI is InChI=1S/C14H10.CH2S2/c1-2-6-12-10-14-8-4-3-7-13(14)9-11(12)5-1;2-1-3/h1-10H;1H,(H,2,3). The van der Waals surface area contributed by atoms with Gasteiger partial charge in [0.2, 0.25) is 0 Å². The molecule has 0 bridgehead atoms. The van der Waals surface area contributed by atoms with Crippen LogP contribution >= 0.6 is 24.8 Å². The van der Waals surface area contributed by atoms with Gasteiger partial charge in [-0.2, -0.15) is 0 Å². The number of rotatable bonds is 0. The van der Waals surface area contributed by atoms with Gasteiger partial charge >= 0.3 is 0 Å². The zero-order chi connectivity index (χ0) is 12.1. The van der Waals surface area contributed by atoms with Gasteiger partial charge in [-0.05, 0) is 33.7 Å². The van der Waals surface area contributed by atoms with Gasteiger partial charge in [0.05, 0.1) is 0 Å². The molecule has 0 aliphatic rings. The molecule has 0 N–H and O–H groups in total. The molecule has 0 aliphatic heterocycles. The zero-order valence-corrected chi connectivity index (χ0v) is 10.9. The second kappa shape index (κ2) is 5.80. The molecular weight excluding hydrogens is 244 g/mol. The third-order valence-electron chi connectivity index (χ3n) is 2.61. The van der Waals surface area contributed by atoms with E-state index in [4.69, 9.17) is 0 Å². The predicted molar refractivity (Wildman–Crippen MR) is 84.1 cm³/mol. The molecule has 0 nitrogen and oxygen atoms in total. The molecule has 0 radical (unpaired) electrons. The first-order valence-corrected chi connectivity index (χ1v) is 6.29. The van der Waals surface area contributed by atoms with Crippen molar-refractivity contribution in [1.29, 1.82) is 0 Å². The molecule has 84 valence electrons. The number of benzene rings is 3. The molecule has 3 aromatic carbocycles. The van der Waals surface area contributed by atoms with Gasteiger partial charge in [0, 0.05) is 4.70 Å². The lowest BCUT2D eigenvalue weighted by Gasteiger charge is -2.00. The lowest BCUT2D eigenvalue weighted by molar-refractivity contribution is 1.76. The van der Waals surface area contributed by atoms with E-state index in [1.807, 2.05) is 0 Å². The van der Waals surface area contributed by atoms with Crippen molar-refractivity contribution in [1.82, 2.24) is 0 Å². The Kier molecular flexibility index (Phi) is 4.13. The van der Waals surface area contributed by atoms with Gasteiger partial charge in [-0.25, -0.2) is 0 Å². The minimum Gasteiger partial charge on any atom is -0.140 e. The highest BCUT2D eigenvalue weighted by molar-refractivity contribution is 8.08. The molecule has 0 unspecified atom stereocenters. The van der Waals surface area contributed by atoms with Crippen molar-refractivity contribution in [2.24, 2.45) is 0 Å². The summed E-state index contributed by atoms with van der Waals surface area (Å²) in [6.45, 7) is 0. The van der Waals surface area contributed by atoms with Crippen LogP contribution in [0.15, 0.2) is 60.7 Å². The summed E-state index contributed by atoms with van der Waals surface area (Å²) in [5, 5.41) is 5.25. The van der Waals surface area contributed by atoms with Crippen molar-refractivity contribution in [2.45, 2.75) is 0 Å². The molecule has 0 spiro atoms. The highest BCUT2D eigenvalue weighted by atomic mass is 32.1. The summed E-state index contributed by atoms with van der Waals surface area (Å²) in [5.41, 5.74) is 0. The van der Waals surface area contributed by atoms with Crippen molar-refractivity contribution in [3.63, 3.8) is 0 Å². The van der Waals surface area contributed by atoms with Crippen LogP contribution in [0.5, 0.6) is 0 Å². The van der Waals surface area contributed by atoms with Crippen LogP contribution in [0.25, 0.3) is 21.5 Å². The highest BCUT2D eigenvalue weighted by Crippen LogP contribution is 2.21. The fourth-order valence-electron chi connectivity index (χ4n) is 1.88. The van der Waals surface area contributed by atoms with Gasteiger partial charge in [0.25, 0.3) is 0 Å². The number of hydrogen-bond acceptors (Lipinski definition) is 1. The molecule has 2 heteroatoms.